The Morgan fingerprint density at radius 1 is 0.893 bits per heavy atom. The highest BCUT2D eigenvalue weighted by molar-refractivity contribution is 5.93. The molecular weight excluding hydrogens is 356 g/mol. The lowest BCUT2D eigenvalue weighted by molar-refractivity contribution is 0.941. The topological polar surface area (TPSA) is 159 Å². The van der Waals surface area contributed by atoms with E-state index in [0.717, 1.165) is 16.8 Å². The van der Waals surface area contributed by atoms with Crippen molar-refractivity contribution in [2.75, 3.05) is 0 Å². The van der Waals surface area contributed by atoms with Crippen LogP contribution in [0.5, 0.6) is 0 Å². The van der Waals surface area contributed by atoms with Gasteiger partial charge in [0.15, 0.2) is 17.4 Å². The quantitative estimate of drug-likeness (QED) is 0.358. The second kappa shape index (κ2) is 7.11. The molecule has 28 heavy (non-hydrogen) atoms. The van der Waals surface area contributed by atoms with E-state index in [0.29, 0.717) is 17.2 Å². The number of benzene rings is 1. The third-order valence-corrected chi connectivity index (χ3v) is 3.83. The normalized spacial score (nSPS) is 11.5. The lowest BCUT2D eigenvalue weighted by Gasteiger charge is -2.04. The van der Waals surface area contributed by atoms with Crippen molar-refractivity contribution >= 4 is 23.3 Å². The van der Waals surface area contributed by atoms with Crippen LogP contribution >= 0.6 is 0 Å². The Labute approximate surface area is 159 Å². The smallest absolute Gasteiger partial charge is 0.223 e. The molecule has 138 valence electrons. The zero-order valence-corrected chi connectivity index (χ0v) is 14.6. The molecule has 4 aromatic rings. The molecule has 0 aliphatic rings. The SMILES string of the molecule is NC(N)=NC(N)=Nc1cccc(-c2ccc3nnc(-c4ccncc4)n3n2)c1. The largest absolute Gasteiger partial charge is 0.370 e. The summed E-state index contributed by atoms with van der Waals surface area (Å²) in [6.45, 7) is 0. The van der Waals surface area contributed by atoms with Crippen molar-refractivity contribution < 1.29 is 0 Å². The summed E-state index contributed by atoms with van der Waals surface area (Å²) >= 11 is 0. The Morgan fingerprint density at radius 3 is 2.50 bits per heavy atom. The van der Waals surface area contributed by atoms with Gasteiger partial charge in [0.05, 0.1) is 11.4 Å². The number of aliphatic imine (C=N–C) groups is 2. The number of nitrogens with two attached hydrogens (primary N) is 3. The van der Waals surface area contributed by atoms with E-state index >= 15 is 0 Å². The molecule has 0 saturated heterocycles. The van der Waals surface area contributed by atoms with Gasteiger partial charge in [0.2, 0.25) is 5.96 Å². The number of rotatable bonds is 3. The van der Waals surface area contributed by atoms with Crippen LogP contribution < -0.4 is 17.2 Å². The van der Waals surface area contributed by atoms with Crippen molar-refractivity contribution in [1.82, 2.24) is 24.8 Å². The molecule has 0 spiro atoms. The van der Waals surface area contributed by atoms with Gasteiger partial charge < -0.3 is 17.2 Å². The van der Waals surface area contributed by atoms with Gasteiger partial charge in [0.1, 0.15) is 0 Å². The summed E-state index contributed by atoms with van der Waals surface area (Å²) < 4.78 is 1.69. The first-order chi connectivity index (χ1) is 13.6. The molecule has 6 N–H and O–H groups in total. The minimum atomic E-state index is -0.152. The molecule has 0 fully saturated rings. The lowest BCUT2D eigenvalue weighted by Crippen LogP contribution is -2.26. The molecule has 0 radical (unpaired) electrons. The number of hydrogen-bond donors (Lipinski definition) is 3. The number of guanidine groups is 2. The van der Waals surface area contributed by atoms with Crippen LogP contribution in [-0.2, 0) is 0 Å². The summed E-state index contributed by atoms with van der Waals surface area (Å²) in [5.74, 6) is 0.450. The Hall–Kier alpha value is -4.34. The molecule has 0 aliphatic heterocycles. The number of pyridine rings is 1. The second-order valence-corrected chi connectivity index (χ2v) is 5.81. The maximum absolute atomic E-state index is 5.70. The number of nitrogens with zero attached hydrogens (tertiary/aromatic N) is 7. The molecule has 4 rings (SSSR count). The van der Waals surface area contributed by atoms with Crippen LogP contribution in [0.25, 0.3) is 28.3 Å². The van der Waals surface area contributed by atoms with E-state index in [1.165, 1.54) is 0 Å². The summed E-state index contributed by atoms with van der Waals surface area (Å²) in [6, 6.07) is 14.8. The van der Waals surface area contributed by atoms with Gasteiger partial charge in [0.25, 0.3) is 0 Å². The lowest BCUT2D eigenvalue weighted by atomic mass is 10.1. The van der Waals surface area contributed by atoms with Gasteiger partial charge in [-0.15, -0.1) is 10.2 Å². The first kappa shape index (κ1) is 17.1. The molecule has 0 unspecified atom stereocenters. The van der Waals surface area contributed by atoms with Gasteiger partial charge in [-0.05, 0) is 36.4 Å². The predicted molar refractivity (Wildman–Crippen MR) is 107 cm³/mol. The molecular formula is C18H16N10. The van der Waals surface area contributed by atoms with Crippen LogP contribution in [0.15, 0.2) is 70.9 Å². The third kappa shape index (κ3) is 3.46. The molecule has 0 bridgehead atoms. The minimum absolute atomic E-state index is 0.0284. The van der Waals surface area contributed by atoms with Crippen LogP contribution in [0.1, 0.15) is 0 Å². The molecule has 0 atom stereocenters. The van der Waals surface area contributed by atoms with E-state index in [1.54, 1.807) is 23.0 Å². The van der Waals surface area contributed by atoms with Crippen molar-refractivity contribution in [3.8, 4) is 22.6 Å². The molecule has 10 nitrogen and oxygen atoms in total. The maximum atomic E-state index is 5.70. The van der Waals surface area contributed by atoms with Crippen molar-refractivity contribution in [3.05, 3.63) is 60.9 Å². The fraction of sp³-hybridized carbons (Fsp3) is 0. The minimum Gasteiger partial charge on any atom is -0.370 e. The highest BCUT2D eigenvalue weighted by Crippen LogP contribution is 2.24. The summed E-state index contributed by atoms with van der Waals surface area (Å²) in [7, 11) is 0. The van der Waals surface area contributed by atoms with Gasteiger partial charge in [-0.25, -0.2) is 4.99 Å². The van der Waals surface area contributed by atoms with Crippen LogP contribution in [0.4, 0.5) is 5.69 Å². The van der Waals surface area contributed by atoms with Crippen molar-refractivity contribution in [2.24, 2.45) is 27.2 Å². The highest BCUT2D eigenvalue weighted by atomic mass is 15.4. The van der Waals surface area contributed by atoms with Gasteiger partial charge in [0, 0.05) is 23.5 Å². The molecule has 1 aromatic carbocycles. The molecule has 0 amide bonds. The van der Waals surface area contributed by atoms with E-state index in [2.05, 4.69) is 30.3 Å². The Balaban J connectivity index is 1.76. The zero-order valence-electron chi connectivity index (χ0n) is 14.6. The van der Waals surface area contributed by atoms with E-state index in [-0.39, 0.29) is 11.9 Å². The Kier molecular flexibility index (Phi) is 4.34. The van der Waals surface area contributed by atoms with Crippen molar-refractivity contribution in [1.29, 1.82) is 0 Å². The van der Waals surface area contributed by atoms with Gasteiger partial charge in [-0.3, -0.25) is 4.98 Å². The molecule has 3 aromatic heterocycles. The summed E-state index contributed by atoms with van der Waals surface area (Å²) in [5, 5.41) is 13.1. The van der Waals surface area contributed by atoms with Crippen molar-refractivity contribution in [3.63, 3.8) is 0 Å². The fourth-order valence-corrected chi connectivity index (χ4v) is 2.65. The monoisotopic (exact) mass is 372 g/mol. The van der Waals surface area contributed by atoms with Gasteiger partial charge in [-0.2, -0.15) is 14.6 Å². The molecule has 10 heteroatoms. The second-order valence-electron chi connectivity index (χ2n) is 5.81. The first-order valence-corrected chi connectivity index (χ1v) is 8.27. The zero-order chi connectivity index (χ0) is 19.5. The van der Waals surface area contributed by atoms with E-state index in [1.807, 2.05) is 42.5 Å². The average Bonchev–Trinajstić information content (AvgIpc) is 3.11. The number of aromatic nitrogens is 5. The van der Waals surface area contributed by atoms with E-state index < -0.39 is 0 Å². The van der Waals surface area contributed by atoms with Gasteiger partial charge in [-0.1, -0.05) is 12.1 Å². The van der Waals surface area contributed by atoms with Crippen LogP contribution in [0.3, 0.4) is 0 Å². The van der Waals surface area contributed by atoms with E-state index in [9.17, 15) is 0 Å². The first-order valence-electron chi connectivity index (χ1n) is 8.27. The predicted octanol–water partition coefficient (Wildman–Crippen LogP) is 1.07. The Morgan fingerprint density at radius 2 is 1.71 bits per heavy atom. The van der Waals surface area contributed by atoms with Crippen LogP contribution in [-0.4, -0.2) is 36.7 Å². The van der Waals surface area contributed by atoms with Crippen molar-refractivity contribution in [2.45, 2.75) is 0 Å². The standard InChI is InChI=1S/C18H16N10/c19-17(20)24-18(21)23-13-3-1-2-12(10-13)14-4-5-15-25-26-16(28(15)27-14)11-6-8-22-9-7-11/h1-10H,(H6,19,20,21,23,24). The molecule has 3 heterocycles. The summed E-state index contributed by atoms with van der Waals surface area (Å²) in [6.07, 6.45) is 3.39. The Bertz CT molecular complexity index is 1190. The molecule has 0 saturated carbocycles. The van der Waals surface area contributed by atoms with Crippen LogP contribution in [0, 0.1) is 0 Å². The number of hydrogen-bond acceptors (Lipinski definition) is 5. The highest BCUT2D eigenvalue weighted by Gasteiger charge is 2.11. The van der Waals surface area contributed by atoms with Gasteiger partial charge >= 0.3 is 0 Å². The average molecular weight is 372 g/mol. The fourth-order valence-electron chi connectivity index (χ4n) is 2.65. The van der Waals surface area contributed by atoms with E-state index in [4.69, 9.17) is 17.2 Å². The molecule has 0 aliphatic carbocycles. The third-order valence-electron chi connectivity index (χ3n) is 3.83. The summed E-state index contributed by atoms with van der Waals surface area (Å²) in [4.78, 5) is 11.9. The number of fused-ring (bicyclic) bond motifs is 1. The maximum Gasteiger partial charge on any atom is 0.223 e. The summed E-state index contributed by atoms with van der Waals surface area (Å²) in [5.41, 5.74) is 20.0. The van der Waals surface area contributed by atoms with Crippen LogP contribution in [0.2, 0.25) is 0 Å².